The highest BCUT2D eigenvalue weighted by atomic mass is 16.5. The highest BCUT2D eigenvalue weighted by Gasteiger charge is 2.36. The van der Waals surface area contributed by atoms with Crippen molar-refractivity contribution in [3.05, 3.63) is 58.7 Å². The maximum Gasteiger partial charge on any atom is 0.257 e. The molecule has 1 saturated heterocycles. The number of hydrogen-bond donors (Lipinski definition) is 0. The third kappa shape index (κ3) is 4.65. The van der Waals surface area contributed by atoms with Gasteiger partial charge in [0.1, 0.15) is 11.5 Å². The monoisotopic (exact) mass is 435 g/mol. The Bertz CT molecular complexity index is 1010. The lowest BCUT2D eigenvalue weighted by atomic mass is 9.94. The molecule has 0 spiro atoms. The zero-order valence-electron chi connectivity index (χ0n) is 19.6. The molecule has 1 unspecified atom stereocenters. The average molecular weight is 436 g/mol. The highest BCUT2D eigenvalue weighted by molar-refractivity contribution is 6.04. The SMILES string of the molecule is COc1ccc(C2CC(c3cc(C)ccc3C)=NN2C(=O)CN2CCCCC2)c(OC)c1. The van der Waals surface area contributed by atoms with Gasteiger partial charge in [0.15, 0.2) is 0 Å². The molecule has 0 saturated carbocycles. The van der Waals surface area contributed by atoms with Gasteiger partial charge in [-0.3, -0.25) is 9.69 Å². The van der Waals surface area contributed by atoms with Crippen molar-refractivity contribution in [2.45, 2.75) is 45.6 Å². The fourth-order valence-corrected chi connectivity index (χ4v) is 4.67. The minimum Gasteiger partial charge on any atom is -0.497 e. The van der Waals surface area contributed by atoms with Crippen LogP contribution in [-0.4, -0.2) is 55.4 Å². The predicted octanol–water partition coefficient (Wildman–Crippen LogP) is 4.48. The molecule has 0 aromatic heterocycles. The lowest BCUT2D eigenvalue weighted by Crippen LogP contribution is -2.40. The number of likely N-dealkylation sites (tertiary alicyclic amines) is 1. The first-order valence-corrected chi connectivity index (χ1v) is 11.4. The van der Waals surface area contributed by atoms with E-state index in [0.717, 1.165) is 48.5 Å². The van der Waals surface area contributed by atoms with Crippen LogP contribution in [0.3, 0.4) is 0 Å². The van der Waals surface area contributed by atoms with Gasteiger partial charge in [-0.15, -0.1) is 0 Å². The Balaban J connectivity index is 1.69. The lowest BCUT2D eigenvalue weighted by Gasteiger charge is -2.29. The van der Waals surface area contributed by atoms with E-state index >= 15 is 0 Å². The van der Waals surface area contributed by atoms with E-state index in [1.165, 1.54) is 17.5 Å². The molecule has 2 aromatic carbocycles. The number of methoxy groups -OCH3 is 2. The summed E-state index contributed by atoms with van der Waals surface area (Å²) in [6.45, 7) is 6.53. The van der Waals surface area contributed by atoms with Gasteiger partial charge in [-0.25, -0.2) is 5.01 Å². The summed E-state index contributed by atoms with van der Waals surface area (Å²) in [5.74, 6) is 1.48. The van der Waals surface area contributed by atoms with Crippen molar-refractivity contribution in [2.75, 3.05) is 33.9 Å². The first-order chi connectivity index (χ1) is 15.5. The van der Waals surface area contributed by atoms with Crippen LogP contribution in [-0.2, 0) is 4.79 Å². The zero-order chi connectivity index (χ0) is 22.7. The van der Waals surface area contributed by atoms with E-state index in [9.17, 15) is 4.79 Å². The second kappa shape index (κ2) is 9.74. The van der Waals surface area contributed by atoms with Crippen LogP contribution in [0, 0.1) is 13.8 Å². The van der Waals surface area contributed by atoms with Gasteiger partial charge in [0.2, 0.25) is 0 Å². The van der Waals surface area contributed by atoms with Gasteiger partial charge in [-0.05, 0) is 63.5 Å². The van der Waals surface area contributed by atoms with Crippen molar-refractivity contribution in [3.8, 4) is 11.5 Å². The Hall–Kier alpha value is -2.86. The minimum atomic E-state index is -0.206. The van der Waals surface area contributed by atoms with Crippen LogP contribution in [0.1, 0.15) is 54.0 Å². The Kier molecular flexibility index (Phi) is 6.80. The topological polar surface area (TPSA) is 54.4 Å². The molecular weight excluding hydrogens is 402 g/mol. The van der Waals surface area contributed by atoms with E-state index in [1.54, 1.807) is 19.2 Å². The number of carbonyl (C=O) groups is 1. The molecule has 0 radical (unpaired) electrons. The summed E-state index contributed by atoms with van der Waals surface area (Å²) < 4.78 is 11.1. The number of rotatable bonds is 6. The van der Waals surface area contributed by atoms with E-state index in [1.807, 2.05) is 18.2 Å². The second-order valence-corrected chi connectivity index (χ2v) is 8.77. The molecule has 1 amide bonds. The number of hydrazone groups is 1. The molecule has 0 N–H and O–H groups in total. The smallest absolute Gasteiger partial charge is 0.257 e. The number of nitrogens with zero attached hydrogens (tertiary/aromatic N) is 3. The van der Waals surface area contributed by atoms with Crippen LogP contribution >= 0.6 is 0 Å². The summed E-state index contributed by atoms with van der Waals surface area (Å²) in [4.78, 5) is 15.7. The van der Waals surface area contributed by atoms with Crippen LogP contribution in [0.15, 0.2) is 41.5 Å². The Labute approximate surface area is 190 Å². The van der Waals surface area contributed by atoms with Gasteiger partial charge < -0.3 is 9.47 Å². The van der Waals surface area contributed by atoms with Crippen LogP contribution in [0.2, 0.25) is 0 Å². The number of aryl methyl sites for hydroxylation is 2. The quantitative estimate of drug-likeness (QED) is 0.671. The molecule has 0 bridgehead atoms. The van der Waals surface area contributed by atoms with Crippen molar-refractivity contribution >= 4 is 11.6 Å². The number of carbonyl (C=O) groups excluding carboxylic acids is 1. The Morgan fingerprint density at radius 1 is 1.03 bits per heavy atom. The molecule has 2 heterocycles. The molecule has 2 aromatic rings. The number of benzene rings is 2. The van der Waals surface area contributed by atoms with Crippen molar-refractivity contribution in [1.82, 2.24) is 9.91 Å². The van der Waals surface area contributed by atoms with E-state index in [2.05, 4.69) is 36.9 Å². The van der Waals surface area contributed by atoms with Crippen LogP contribution < -0.4 is 9.47 Å². The van der Waals surface area contributed by atoms with Crippen molar-refractivity contribution < 1.29 is 14.3 Å². The molecule has 1 fully saturated rings. The molecule has 1 atom stereocenters. The van der Waals surface area contributed by atoms with Crippen molar-refractivity contribution in [3.63, 3.8) is 0 Å². The molecule has 4 rings (SSSR count). The number of amides is 1. The first kappa shape index (κ1) is 22.3. The Morgan fingerprint density at radius 2 is 1.81 bits per heavy atom. The van der Waals surface area contributed by atoms with Gasteiger partial charge in [-0.2, -0.15) is 5.10 Å². The van der Waals surface area contributed by atoms with Crippen LogP contribution in [0.5, 0.6) is 11.5 Å². The summed E-state index contributed by atoms with van der Waals surface area (Å²) in [6, 6.07) is 12.0. The summed E-state index contributed by atoms with van der Waals surface area (Å²) in [5, 5.41) is 6.58. The predicted molar refractivity (Wildman–Crippen MR) is 126 cm³/mol. The van der Waals surface area contributed by atoms with Gasteiger partial charge >= 0.3 is 0 Å². The van der Waals surface area contributed by atoms with Gasteiger partial charge in [-0.1, -0.05) is 24.1 Å². The molecule has 2 aliphatic heterocycles. The molecule has 2 aliphatic rings. The molecule has 0 aliphatic carbocycles. The Morgan fingerprint density at radius 3 is 2.53 bits per heavy atom. The van der Waals surface area contributed by atoms with Crippen molar-refractivity contribution in [1.29, 1.82) is 0 Å². The van der Waals surface area contributed by atoms with Gasteiger partial charge in [0, 0.05) is 23.6 Å². The average Bonchev–Trinajstić information content (AvgIpc) is 3.26. The normalized spacial score (nSPS) is 19.1. The van der Waals surface area contributed by atoms with Crippen molar-refractivity contribution in [2.24, 2.45) is 5.10 Å². The second-order valence-electron chi connectivity index (χ2n) is 8.77. The maximum absolute atomic E-state index is 13.5. The fraction of sp³-hybridized carbons (Fsp3) is 0.462. The lowest BCUT2D eigenvalue weighted by molar-refractivity contribution is -0.134. The zero-order valence-corrected chi connectivity index (χ0v) is 19.6. The molecule has 32 heavy (non-hydrogen) atoms. The number of hydrogen-bond acceptors (Lipinski definition) is 5. The van der Waals surface area contributed by atoms with Crippen LogP contribution in [0.25, 0.3) is 0 Å². The highest BCUT2D eigenvalue weighted by Crippen LogP contribution is 2.39. The standard InChI is InChI=1S/C26H33N3O3/c1-18-8-9-19(2)22(14-18)23-16-24(21-11-10-20(31-3)15-25(21)32-4)29(27-23)26(30)17-28-12-6-5-7-13-28/h8-11,14-15,24H,5-7,12-13,16-17H2,1-4H3. The largest absolute Gasteiger partial charge is 0.497 e. The van der Waals surface area contributed by atoms with Gasteiger partial charge in [0.05, 0.1) is 32.5 Å². The minimum absolute atomic E-state index is 0.0371. The van der Waals surface area contributed by atoms with E-state index < -0.39 is 0 Å². The van der Waals surface area contributed by atoms with E-state index in [4.69, 9.17) is 14.6 Å². The molecule has 170 valence electrons. The maximum atomic E-state index is 13.5. The third-order valence-electron chi connectivity index (χ3n) is 6.48. The molecule has 6 heteroatoms. The number of ether oxygens (including phenoxy) is 2. The molecular formula is C26H33N3O3. The van der Waals surface area contributed by atoms with E-state index in [0.29, 0.717) is 18.7 Å². The van der Waals surface area contributed by atoms with Gasteiger partial charge in [0.25, 0.3) is 5.91 Å². The number of piperidine rings is 1. The third-order valence-corrected chi connectivity index (χ3v) is 6.48. The summed E-state index contributed by atoms with van der Waals surface area (Å²) in [7, 11) is 3.29. The first-order valence-electron chi connectivity index (χ1n) is 11.4. The van der Waals surface area contributed by atoms with E-state index in [-0.39, 0.29) is 11.9 Å². The summed E-state index contributed by atoms with van der Waals surface area (Å²) in [5.41, 5.74) is 5.35. The van der Waals surface area contributed by atoms with Crippen LogP contribution in [0.4, 0.5) is 0 Å². The summed E-state index contributed by atoms with van der Waals surface area (Å²) in [6.07, 6.45) is 4.20. The summed E-state index contributed by atoms with van der Waals surface area (Å²) >= 11 is 0. The molecule has 6 nitrogen and oxygen atoms in total. The fourth-order valence-electron chi connectivity index (χ4n) is 4.67.